The average molecular weight is 276 g/mol. The van der Waals surface area contributed by atoms with E-state index in [0.29, 0.717) is 12.8 Å². The molecular weight excluding hydrogens is 252 g/mol. The van der Waals surface area contributed by atoms with Crippen molar-refractivity contribution in [1.29, 1.82) is 0 Å². The van der Waals surface area contributed by atoms with Crippen LogP contribution in [-0.4, -0.2) is 38.4 Å². The quantitative estimate of drug-likeness (QED) is 0.915. The highest BCUT2D eigenvalue weighted by Crippen LogP contribution is 2.34. The van der Waals surface area contributed by atoms with E-state index in [2.05, 4.69) is 29.3 Å². The van der Waals surface area contributed by atoms with Gasteiger partial charge in [-0.1, -0.05) is 13.0 Å². The van der Waals surface area contributed by atoms with Crippen LogP contribution in [-0.2, 0) is 0 Å². The zero-order valence-electron chi connectivity index (χ0n) is 12.4. The van der Waals surface area contributed by atoms with E-state index in [0.717, 1.165) is 24.0 Å². The number of likely N-dealkylation sites (N-methyl/N-ethyl adjacent to an activating group) is 1. The predicted molar refractivity (Wildman–Crippen MR) is 79.2 cm³/mol. The number of nitrogens with one attached hydrogen (secondary N) is 1. The van der Waals surface area contributed by atoms with Crippen LogP contribution in [0.15, 0.2) is 18.2 Å². The third kappa shape index (κ3) is 2.91. The number of benzene rings is 1. The van der Waals surface area contributed by atoms with E-state index in [9.17, 15) is 0 Å². The van der Waals surface area contributed by atoms with E-state index in [4.69, 9.17) is 9.47 Å². The standard InChI is InChI=1S/C16H24N2O2/c1-12-5-7-18(8-6-12)10-14(17-2)13-3-4-15-16(9-13)20-11-19-15/h3-4,9,12,14,17H,5-8,10-11H2,1-2H3. The Kier molecular flexibility index (Phi) is 4.13. The summed E-state index contributed by atoms with van der Waals surface area (Å²) in [4.78, 5) is 2.56. The molecule has 2 aliphatic heterocycles. The number of nitrogens with zero attached hydrogens (tertiary/aromatic N) is 1. The molecule has 110 valence electrons. The predicted octanol–water partition coefficient (Wildman–Crippen LogP) is 2.41. The summed E-state index contributed by atoms with van der Waals surface area (Å²) in [6.45, 7) is 6.18. The summed E-state index contributed by atoms with van der Waals surface area (Å²) in [6, 6.07) is 6.61. The van der Waals surface area contributed by atoms with Crippen LogP contribution < -0.4 is 14.8 Å². The minimum Gasteiger partial charge on any atom is -0.454 e. The van der Waals surface area contributed by atoms with Gasteiger partial charge in [0.25, 0.3) is 0 Å². The summed E-state index contributed by atoms with van der Waals surface area (Å²) in [7, 11) is 2.03. The maximum atomic E-state index is 5.47. The van der Waals surface area contributed by atoms with Crippen LogP contribution in [0, 0.1) is 5.92 Å². The SMILES string of the molecule is CNC(CN1CCC(C)CC1)c1ccc2c(c1)OCO2. The fourth-order valence-electron chi connectivity index (χ4n) is 3.00. The Morgan fingerprint density at radius 2 is 2.00 bits per heavy atom. The minimum absolute atomic E-state index is 0.340. The fourth-order valence-corrected chi connectivity index (χ4v) is 3.00. The number of likely N-dealkylation sites (tertiary alicyclic amines) is 1. The molecular formula is C16H24N2O2. The van der Waals surface area contributed by atoms with E-state index in [1.807, 2.05) is 13.1 Å². The molecule has 4 heteroatoms. The van der Waals surface area contributed by atoms with Crippen molar-refractivity contribution < 1.29 is 9.47 Å². The number of fused-ring (bicyclic) bond motifs is 1. The van der Waals surface area contributed by atoms with Gasteiger partial charge >= 0.3 is 0 Å². The first kappa shape index (κ1) is 13.7. The molecule has 0 aliphatic carbocycles. The third-order valence-corrected chi connectivity index (χ3v) is 4.46. The first-order valence-electron chi connectivity index (χ1n) is 7.55. The molecule has 4 nitrogen and oxygen atoms in total. The van der Waals surface area contributed by atoms with Crippen molar-refractivity contribution >= 4 is 0 Å². The number of rotatable bonds is 4. The first-order chi connectivity index (χ1) is 9.76. The zero-order valence-corrected chi connectivity index (χ0v) is 12.4. The fraction of sp³-hybridized carbons (Fsp3) is 0.625. The molecule has 20 heavy (non-hydrogen) atoms. The third-order valence-electron chi connectivity index (χ3n) is 4.46. The van der Waals surface area contributed by atoms with Crippen LogP contribution in [0.1, 0.15) is 31.4 Å². The summed E-state index contributed by atoms with van der Waals surface area (Å²) < 4.78 is 10.8. The lowest BCUT2D eigenvalue weighted by Crippen LogP contribution is -2.38. The topological polar surface area (TPSA) is 33.7 Å². The second-order valence-electron chi connectivity index (χ2n) is 5.94. The summed E-state index contributed by atoms with van der Waals surface area (Å²) >= 11 is 0. The zero-order chi connectivity index (χ0) is 13.9. The van der Waals surface area contributed by atoms with Crippen LogP contribution in [0.5, 0.6) is 11.5 Å². The van der Waals surface area contributed by atoms with E-state index < -0.39 is 0 Å². The molecule has 0 aromatic heterocycles. The van der Waals surface area contributed by atoms with Crippen LogP contribution in [0.3, 0.4) is 0 Å². The first-order valence-corrected chi connectivity index (χ1v) is 7.55. The Hall–Kier alpha value is -1.26. The van der Waals surface area contributed by atoms with Gasteiger partial charge in [0.15, 0.2) is 11.5 Å². The number of hydrogen-bond acceptors (Lipinski definition) is 4. The molecule has 2 heterocycles. The van der Waals surface area contributed by atoms with Gasteiger partial charge in [-0.25, -0.2) is 0 Å². The lowest BCUT2D eigenvalue weighted by atomic mass is 9.98. The van der Waals surface area contributed by atoms with Crippen molar-refractivity contribution in [2.75, 3.05) is 33.5 Å². The Morgan fingerprint density at radius 1 is 1.25 bits per heavy atom. The lowest BCUT2D eigenvalue weighted by molar-refractivity contribution is 0.173. The molecule has 2 aliphatic rings. The number of hydrogen-bond donors (Lipinski definition) is 1. The normalized spacial score (nSPS) is 21.1. The van der Waals surface area contributed by atoms with E-state index in [-0.39, 0.29) is 0 Å². The molecule has 0 bridgehead atoms. The Labute approximate surface area is 121 Å². The smallest absolute Gasteiger partial charge is 0.231 e. The van der Waals surface area contributed by atoms with Crippen molar-refractivity contribution in [3.63, 3.8) is 0 Å². The second kappa shape index (κ2) is 6.02. The molecule has 1 unspecified atom stereocenters. The van der Waals surface area contributed by atoms with Crippen molar-refractivity contribution in [3.05, 3.63) is 23.8 Å². The van der Waals surface area contributed by atoms with Crippen molar-refractivity contribution in [3.8, 4) is 11.5 Å². The van der Waals surface area contributed by atoms with Gasteiger partial charge < -0.3 is 19.7 Å². The molecule has 1 aromatic carbocycles. The van der Waals surface area contributed by atoms with Crippen LogP contribution >= 0.6 is 0 Å². The molecule has 1 fully saturated rings. The summed E-state index contributed by atoms with van der Waals surface area (Å²) in [5.41, 5.74) is 1.27. The Bertz CT molecular complexity index is 456. The summed E-state index contributed by atoms with van der Waals surface area (Å²) in [6.07, 6.45) is 2.63. The lowest BCUT2D eigenvalue weighted by Gasteiger charge is -2.33. The number of ether oxygens (including phenoxy) is 2. The highest BCUT2D eigenvalue weighted by Gasteiger charge is 2.21. The molecule has 1 N–H and O–H groups in total. The second-order valence-corrected chi connectivity index (χ2v) is 5.94. The van der Waals surface area contributed by atoms with Gasteiger partial charge in [-0.2, -0.15) is 0 Å². The molecule has 0 radical (unpaired) electrons. The molecule has 1 aromatic rings. The van der Waals surface area contributed by atoms with E-state index in [1.165, 1.54) is 31.5 Å². The van der Waals surface area contributed by atoms with Crippen molar-refractivity contribution in [2.45, 2.75) is 25.8 Å². The molecule has 1 saturated heterocycles. The molecule has 1 atom stereocenters. The van der Waals surface area contributed by atoms with Gasteiger partial charge in [-0.05, 0) is 56.6 Å². The van der Waals surface area contributed by atoms with E-state index >= 15 is 0 Å². The molecule has 0 amide bonds. The van der Waals surface area contributed by atoms with Crippen LogP contribution in [0.25, 0.3) is 0 Å². The summed E-state index contributed by atoms with van der Waals surface area (Å²) in [5, 5.41) is 3.43. The van der Waals surface area contributed by atoms with Gasteiger partial charge in [0, 0.05) is 12.6 Å². The minimum atomic E-state index is 0.340. The van der Waals surface area contributed by atoms with Gasteiger partial charge in [0.1, 0.15) is 0 Å². The highest BCUT2D eigenvalue weighted by atomic mass is 16.7. The van der Waals surface area contributed by atoms with Crippen molar-refractivity contribution in [1.82, 2.24) is 10.2 Å². The Morgan fingerprint density at radius 3 is 2.75 bits per heavy atom. The monoisotopic (exact) mass is 276 g/mol. The van der Waals surface area contributed by atoms with Crippen molar-refractivity contribution in [2.24, 2.45) is 5.92 Å². The van der Waals surface area contributed by atoms with Gasteiger partial charge in [-0.3, -0.25) is 0 Å². The van der Waals surface area contributed by atoms with Crippen LogP contribution in [0.2, 0.25) is 0 Å². The Balaban J connectivity index is 1.67. The maximum Gasteiger partial charge on any atom is 0.231 e. The largest absolute Gasteiger partial charge is 0.454 e. The van der Waals surface area contributed by atoms with Gasteiger partial charge in [0.2, 0.25) is 6.79 Å². The molecule has 3 rings (SSSR count). The summed E-state index contributed by atoms with van der Waals surface area (Å²) in [5.74, 6) is 2.61. The van der Waals surface area contributed by atoms with E-state index in [1.54, 1.807) is 0 Å². The molecule has 0 spiro atoms. The number of piperidine rings is 1. The average Bonchev–Trinajstić information content (AvgIpc) is 2.94. The molecule has 0 saturated carbocycles. The van der Waals surface area contributed by atoms with Gasteiger partial charge in [0.05, 0.1) is 0 Å². The van der Waals surface area contributed by atoms with Gasteiger partial charge in [-0.15, -0.1) is 0 Å². The van der Waals surface area contributed by atoms with Crippen LogP contribution in [0.4, 0.5) is 0 Å². The highest BCUT2D eigenvalue weighted by molar-refractivity contribution is 5.45. The maximum absolute atomic E-state index is 5.47.